The summed E-state index contributed by atoms with van der Waals surface area (Å²) >= 11 is 6.19. The van der Waals surface area contributed by atoms with Crippen molar-refractivity contribution in [1.29, 1.82) is 0 Å². The molecule has 0 saturated carbocycles. The van der Waals surface area contributed by atoms with Crippen LogP contribution in [-0.4, -0.2) is 78.5 Å². The van der Waals surface area contributed by atoms with E-state index in [9.17, 15) is 14.4 Å². The molecule has 1 aromatic rings. The number of urea groups is 1. The molecule has 1 atom stereocenters. The minimum Gasteiger partial charge on any atom is -0.463 e. The Morgan fingerprint density at radius 3 is 2.59 bits per heavy atom. The molecule has 1 N–H and O–H groups in total. The number of hydrogen-bond donors (Lipinski definition) is 1. The van der Waals surface area contributed by atoms with Crippen LogP contribution in [0.3, 0.4) is 0 Å². The fraction of sp³-hybridized carbons (Fsp3) is 0.435. The lowest BCUT2D eigenvalue weighted by Gasteiger charge is -2.40. The van der Waals surface area contributed by atoms with Crippen LogP contribution in [0.25, 0.3) is 0 Å². The summed E-state index contributed by atoms with van der Waals surface area (Å²) in [6.45, 7) is 10.4. The molecule has 2 heterocycles. The summed E-state index contributed by atoms with van der Waals surface area (Å²) < 4.78 is 5.39. The Bertz CT molecular complexity index is 924. The standard InChI is InChI=1S/C23H29ClN4O4/c1-4-9-28-19(15-26-10-12-27(13-11-26)16(3)29)20(22(30)32-5-2)21(25-23(28)31)17-7-6-8-18(24)14-17/h4,6-8,14,21H,1,5,9-13,15H2,2-3H3,(H,25,31)/t21-/m0/s1. The molecular weight excluding hydrogens is 432 g/mol. The number of nitrogens with zero attached hydrogens (tertiary/aromatic N) is 3. The Morgan fingerprint density at radius 2 is 2.00 bits per heavy atom. The molecule has 0 bridgehead atoms. The average Bonchev–Trinajstić information content (AvgIpc) is 2.76. The molecule has 0 spiro atoms. The molecule has 0 aromatic heterocycles. The van der Waals surface area contributed by atoms with Crippen molar-refractivity contribution in [1.82, 2.24) is 20.0 Å². The zero-order valence-corrected chi connectivity index (χ0v) is 19.2. The van der Waals surface area contributed by atoms with Crippen molar-refractivity contribution >= 4 is 29.5 Å². The number of benzene rings is 1. The summed E-state index contributed by atoms with van der Waals surface area (Å²) in [5.41, 5.74) is 1.66. The molecule has 2 aliphatic rings. The van der Waals surface area contributed by atoms with Crippen LogP contribution in [-0.2, 0) is 14.3 Å². The maximum absolute atomic E-state index is 13.1. The zero-order valence-electron chi connectivity index (χ0n) is 18.5. The second-order valence-corrected chi connectivity index (χ2v) is 8.14. The third-order valence-corrected chi connectivity index (χ3v) is 5.85. The van der Waals surface area contributed by atoms with Gasteiger partial charge < -0.3 is 15.0 Å². The highest BCUT2D eigenvalue weighted by atomic mass is 35.5. The van der Waals surface area contributed by atoms with Crippen molar-refractivity contribution in [2.75, 3.05) is 45.9 Å². The molecule has 0 unspecified atom stereocenters. The molecule has 32 heavy (non-hydrogen) atoms. The van der Waals surface area contributed by atoms with Gasteiger partial charge in [0.05, 0.1) is 18.2 Å². The molecule has 1 fully saturated rings. The summed E-state index contributed by atoms with van der Waals surface area (Å²) in [5.74, 6) is -0.439. The van der Waals surface area contributed by atoms with Crippen molar-refractivity contribution in [2.45, 2.75) is 19.9 Å². The first-order valence-corrected chi connectivity index (χ1v) is 11.1. The van der Waals surface area contributed by atoms with E-state index in [2.05, 4.69) is 16.8 Å². The minimum absolute atomic E-state index is 0.0439. The van der Waals surface area contributed by atoms with Crippen molar-refractivity contribution in [3.8, 4) is 0 Å². The average molecular weight is 461 g/mol. The van der Waals surface area contributed by atoms with Crippen LogP contribution in [0.15, 0.2) is 48.2 Å². The lowest BCUT2D eigenvalue weighted by Crippen LogP contribution is -2.53. The summed E-state index contributed by atoms with van der Waals surface area (Å²) in [6, 6.07) is 6.07. The van der Waals surface area contributed by atoms with Gasteiger partial charge in [-0.3, -0.25) is 14.6 Å². The summed E-state index contributed by atoms with van der Waals surface area (Å²) in [5, 5.41) is 3.43. The number of halogens is 1. The van der Waals surface area contributed by atoms with E-state index < -0.39 is 12.0 Å². The molecule has 3 rings (SSSR count). The number of amides is 3. The van der Waals surface area contributed by atoms with E-state index >= 15 is 0 Å². The third kappa shape index (κ3) is 5.31. The summed E-state index contributed by atoms with van der Waals surface area (Å²) in [6.07, 6.45) is 1.62. The summed E-state index contributed by atoms with van der Waals surface area (Å²) in [7, 11) is 0. The van der Waals surface area contributed by atoms with Gasteiger partial charge in [-0.15, -0.1) is 6.58 Å². The van der Waals surface area contributed by atoms with Gasteiger partial charge in [0, 0.05) is 56.9 Å². The van der Waals surface area contributed by atoms with Crippen LogP contribution in [0.5, 0.6) is 0 Å². The number of hydrogen-bond acceptors (Lipinski definition) is 5. The van der Waals surface area contributed by atoms with E-state index in [1.807, 2.05) is 6.07 Å². The van der Waals surface area contributed by atoms with Gasteiger partial charge in [-0.05, 0) is 24.6 Å². The van der Waals surface area contributed by atoms with Gasteiger partial charge in [0.1, 0.15) is 0 Å². The fourth-order valence-electron chi connectivity index (χ4n) is 4.01. The molecular formula is C23H29ClN4O4. The molecule has 8 nitrogen and oxygen atoms in total. The quantitative estimate of drug-likeness (QED) is 0.499. The second kappa shape index (κ2) is 10.7. The first-order chi connectivity index (χ1) is 15.3. The Kier molecular flexibility index (Phi) is 7.93. The topological polar surface area (TPSA) is 82.2 Å². The van der Waals surface area contributed by atoms with Crippen LogP contribution in [0.2, 0.25) is 5.02 Å². The fourth-order valence-corrected chi connectivity index (χ4v) is 4.21. The predicted octanol–water partition coefficient (Wildman–Crippen LogP) is 2.57. The highest BCUT2D eigenvalue weighted by Gasteiger charge is 2.38. The van der Waals surface area contributed by atoms with Crippen molar-refractivity contribution in [2.24, 2.45) is 0 Å². The van der Waals surface area contributed by atoms with Gasteiger partial charge in [-0.25, -0.2) is 9.59 Å². The number of carbonyl (C=O) groups is 3. The minimum atomic E-state index is -0.685. The molecule has 2 aliphatic heterocycles. The number of nitrogens with one attached hydrogen (secondary N) is 1. The van der Waals surface area contributed by atoms with Crippen LogP contribution in [0.1, 0.15) is 25.5 Å². The van der Waals surface area contributed by atoms with Gasteiger partial charge >= 0.3 is 12.0 Å². The van der Waals surface area contributed by atoms with Crippen LogP contribution in [0.4, 0.5) is 4.79 Å². The number of ether oxygens (including phenoxy) is 1. The highest BCUT2D eigenvalue weighted by molar-refractivity contribution is 6.30. The number of carbonyl (C=O) groups excluding carboxylic acids is 3. The monoisotopic (exact) mass is 460 g/mol. The van der Waals surface area contributed by atoms with Crippen molar-refractivity contribution < 1.29 is 19.1 Å². The Labute approximate surface area is 193 Å². The predicted molar refractivity (Wildman–Crippen MR) is 122 cm³/mol. The van der Waals surface area contributed by atoms with Gasteiger partial charge in [-0.2, -0.15) is 0 Å². The summed E-state index contributed by atoms with van der Waals surface area (Å²) in [4.78, 5) is 43.3. The van der Waals surface area contributed by atoms with E-state index in [1.165, 1.54) is 4.90 Å². The van der Waals surface area contributed by atoms with E-state index in [-0.39, 0.29) is 25.1 Å². The first kappa shape index (κ1) is 23.8. The number of esters is 1. The van der Waals surface area contributed by atoms with Gasteiger partial charge in [0.15, 0.2) is 0 Å². The molecule has 9 heteroatoms. The van der Waals surface area contributed by atoms with Crippen molar-refractivity contribution in [3.63, 3.8) is 0 Å². The van der Waals surface area contributed by atoms with E-state index in [1.54, 1.807) is 43.0 Å². The number of rotatable bonds is 7. The Hall–Kier alpha value is -2.84. The molecule has 172 valence electrons. The highest BCUT2D eigenvalue weighted by Crippen LogP contribution is 2.33. The van der Waals surface area contributed by atoms with E-state index in [0.29, 0.717) is 54.6 Å². The normalized spacial score (nSPS) is 19.6. The van der Waals surface area contributed by atoms with E-state index in [0.717, 1.165) is 0 Å². The SMILES string of the molecule is C=CCN1C(=O)N[C@@H](c2cccc(Cl)c2)C(C(=O)OCC)=C1CN1CCN(C(C)=O)CC1. The van der Waals surface area contributed by atoms with Gasteiger partial charge in [0.25, 0.3) is 0 Å². The molecule has 3 amide bonds. The van der Waals surface area contributed by atoms with Crippen LogP contribution < -0.4 is 5.32 Å². The molecule has 0 radical (unpaired) electrons. The largest absolute Gasteiger partial charge is 0.463 e. The zero-order chi connectivity index (χ0) is 23.3. The van der Waals surface area contributed by atoms with Gasteiger partial charge in [-0.1, -0.05) is 29.8 Å². The third-order valence-electron chi connectivity index (χ3n) is 5.62. The lowest BCUT2D eigenvalue weighted by molar-refractivity contribution is -0.139. The van der Waals surface area contributed by atoms with Crippen LogP contribution in [0, 0.1) is 0 Å². The van der Waals surface area contributed by atoms with E-state index in [4.69, 9.17) is 16.3 Å². The molecule has 0 aliphatic carbocycles. The van der Waals surface area contributed by atoms with Crippen molar-refractivity contribution in [3.05, 3.63) is 58.8 Å². The Balaban J connectivity index is 2.03. The Morgan fingerprint density at radius 1 is 1.28 bits per heavy atom. The number of piperazine rings is 1. The van der Waals surface area contributed by atoms with Gasteiger partial charge in [0.2, 0.25) is 5.91 Å². The smallest absolute Gasteiger partial charge is 0.338 e. The van der Waals surface area contributed by atoms with Crippen LogP contribution >= 0.6 is 11.6 Å². The first-order valence-electron chi connectivity index (χ1n) is 10.7. The molecule has 1 aromatic carbocycles. The maximum atomic E-state index is 13.1. The second-order valence-electron chi connectivity index (χ2n) is 7.70. The maximum Gasteiger partial charge on any atom is 0.338 e. The lowest BCUT2D eigenvalue weighted by atomic mass is 9.94. The molecule has 1 saturated heterocycles.